The van der Waals surface area contributed by atoms with Crippen LogP contribution in [0.5, 0.6) is 0 Å². The second-order valence-corrected chi connectivity index (χ2v) is 8.35. The molecule has 14 nitrogen and oxygen atoms in total. The second-order valence-electron chi connectivity index (χ2n) is 8.35. The Bertz CT molecular complexity index is 802. The largest absolute Gasteiger partial charge is 0.368 e. The number of hydrogen-bond acceptors (Lipinski definition) is 11. The molecule has 0 bridgehead atoms. The predicted molar refractivity (Wildman–Crippen MR) is 125 cm³/mol. The van der Waals surface area contributed by atoms with E-state index < -0.39 is 29.7 Å². The molecule has 0 aromatic carbocycles. The molecule has 0 spiro atoms. The molecule has 1 saturated heterocycles. The summed E-state index contributed by atoms with van der Waals surface area (Å²) in [6, 6.07) is -0.560. The Balaban J connectivity index is 2.01. The van der Waals surface area contributed by atoms with Crippen molar-refractivity contribution in [2.45, 2.75) is 64.3 Å². The fraction of sp³-hybridized carbons (Fsp3) is 0.682. The van der Waals surface area contributed by atoms with Crippen molar-refractivity contribution in [2.24, 2.45) is 5.73 Å². The number of nitrogens with zero attached hydrogens (tertiary/aromatic N) is 1. The van der Waals surface area contributed by atoms with E-state index in [1.54, 1.807) is 0 Å². The molecule has 202 valence electrons. The van der Waals surface area contributed by atoms with Gasteiger partial charge in [-0.1, -0.05) is 6.42 Å². The minimum atomic E-state index is -0.764. The van der Waals surface area contributed by atoms with E-state index in [-0.39, 0.29) is 75.9 Å². The van der Waals surface area contributed by atoms with Crippen molar-refractivity contribution in [3.63, 3.8) is 0 Å². The van der Waals surface area contributed by atoms with Crippen molar-refractivity contribution in [1.82, 2.24) is 26.3 Å². The average Bonchev–Trinajstić information content (AvgIpc) is 3.12. The van der Waals surface area contributed by atoms with Crippen LogP contribution in [0.3, 0.4) is 0 Å². The number of carbonyl (C=O) groups excluding carboxylic acids is 7. The summed E-state index contributed by atoms with van der Waals surface area (Å²) in [6.07, 6.45) is 2.03. The summed E-state index contributed by atoms with van der Waals surface area (Å²) in [4.78, 5) is 85.1. The first-order valence-corrected chi connectivity index (χ1v) is 11.9. The van der Waals surface area contributed by atoms with Crippen molar-refractivity contribution in [1.29, 1.82) is 0 Å². The number of hydrogen-bond donors (Lipinski definition) is 5. The number of rotatable bonds is 20. The third-order valence-electron chi connectivity index (χ3n) is 5.08. The van der Waals surface area contributed by atoms with E-state index in [0.29, 0.717) is 24.4 Å². The summed E-state index contributed by atoms with van der Waals surface area (Å²) in [6.45, 7) is 2.36. The van der Waals surface area contributed by atoms with Gasteiger partial charge in [0.2, 0.25) is 11.8 Å². The number of unbranched alkanes of at least 4 members (excludes halogenated alkanes) is 1. The topological polar surface area (TPSA) is 206 Å². The third-order valence-corrected chi connectivity index (χ3v) is 5.08. The van der Waals surface area contributed by atoms with Crippen LogP contribution in [-0.2, 0) is 38.4 Å². The van der Waals surface area contributed by atoms with Gasteiger partial charge in [-0.3, -0.25) is 39.4 Å². The minimum absolute atomic E-state index is 0.0147. The van der Waals surface area contributed by atoms with Gasteiger partial charge in [0.1, 0.15) is 5.78 Å². The highest BCUT2D eigenvalue weighted by Crippen LogP contribution is 2.13. The van der Waals surface area contributed by atoms with Crippen LogP contribution in [0.1, 0.15) is 58.3 Å². The number of imide groups is 1. The van der Waals surface area contributed by atoms with Gasteiger partial charge >= 0.3 is 5.97 Å². The zero-order chi connectivity index (χ0) is 26.9. The number of primary amides is 1. The molecule has 1 aliphatic heterocycles. The zero-order valence-corrected chi connectivity index (χ0v) is 20.6. The first kappa shape index (κ1) is 30.8. The molecular weight excluding hydrogens is 476 g/mol. The van der Waals surface area contributed by atoms with E-state index in [4.69, 9.17) is 10.6 Å². The van der Waals surface area contributed by atoms with Crippen LogP contribution in [0.25, 0.3) is 0 Å². The van der Waals surface area contributed by atoms with E-state index in [0.717, 1.165) is 6.42 Å². The minimum Gasteiger partial charge on any atom is -0.368 e. The molecule has 0 aliphatic carbocycles. The lowest BCUT2D eigenvalue weighted by Gasteiger charge is -2.14. The molecule has 36 heavy (non-hydrogen) atoms. The Labute approximate surface area is 209 Å². The molecular formula is C22H36N6O8. The standard InChI is InChI=1S/C22H36N6O8/c1-15(29)11-26-17(22(23)35)5-2-3-10-24-12-16(30)13-25-14-27-18(31)6-4-7-21(34)36-28-19(32)8-9-20(28)33/h17,24-26H,2-14H2,1H3,(H2,23,35)(H,27,31)/t17-/m0/s1. The lowest BCUT2D eigenvalue weighted by molar-refractivity contribution is -0.197. The highest BCUT2D eigenvalue weighted by atomic mass is 16.7. The van der Waals surface area contributed by atoms with Crippen molar-refractivity contribution >= 4 is 41.2 Å². The SMILES string of the molecule is CC(=O)CN[C@@H](CCCCNCC(=O)CNCNC(=O)CCCC(=O)ON1C(=O)CCC1=O)C(N)=O. The predicted octanol–water partition coefficient (Wildman–Crippen LogP) is -2.21. The third kappa shape index (κ3) is 13.6. The summed E-state index contributed by atoms with van der Waals surface area (Å²) < 4.78 is 0. The van der Waals surface area contributed by atoms with Gasteiger partial charge < -0.3 is 21.2 Å². The summed E-state index contributed by atoms with van der Waals surface area (Å²) in [5.74, 6) is -2.90. The van der Waals surface area contributed by atoms with Gasteiger partial charge in [0.05, 0.1) is 32.3 Å². The number of hydroxylamine groups is 2. The van der Waals surface area contributed by atoms with E-state index in [1.165, 1.54) is 6.92 Å². The maximum absolute atomic E-state index is 11.9. The van der Waals surface area contributed by atoms with Crippen LogP contribution in [0.15, 0.2) is 0 Å². The summed E-state index contributed by atoms with van der Waals surface area (Å²) in [5, 5.41) is 11.6. The number of nitrogens with one attached hydrogen (secondary N) is 4. The Kier molecular flexibility index (Phi) is 14.8. The number of Topliss-reactive ketones (excluding diaryl/α,β-unsaturated/α-hetero) is 2. The maximum Gasteiger partial charge on any atom is 0.333 e. The molecule has 1 aliphatic rings. The monoisotopic (exact) mass is 512 g/mol. The number of ketones is 2. The van der Waals surface area contributed by atoms with Crippen molar-refractivity contribution < 1.29 is 38.4 Å². The van der Waals surface area contributed by atoms with Gasteiger partial charge in [-0.25, -0.2) is 4.79 Å². The van der Waals surface area contributed by atoms with Crippen LogP contribution < -0.4 is 27.0 Å². The molecule has 0 unspecified atom stereocenters. The Morgan fingerprint density at radius 3 is 2.25 bits per heavy atom. The maximum atomic E-state index is 11.9. The molecule has 1 heterocycles. The van der Waals surface area contributed by atoms with Gasteiger partial charge in [-0.2, -0.15) is 0 Å². The van der Waals surface area contributed by atoms with Gasteiger partial charge in [0, 0.05) is 25.7 Å². The Morgan fingerprint density at radius 2 is 1.61 bits per heavy atom. The molecule has 0 aromatic heterocycles. The van der Waals surface area contributed by atoms with Crippen LogP contribution in [0.2, 0.25) is 0 Å². The fourth-order valence-corrected chi connectivity index (χ4v) is 3.15. The molecule has 0 radical (unpaired) electrons. The number of nitrogens with two attached hydrogens (primary N) is 1. The smallest absolute Gasteiger partial charge is 0.333 e. The molecule has 4 amide bonds. The van der Waals surface area contributed by atoms with E-state index in [9.17, 15) is 33.6 Å². The van der Waals surface area contributed by atoms with Gasteiger partial charge in [-0.15, -0.1) is 5.06 Å². The quantitative estimate of drug-likeness (QED) is 0.0671. The van der Waals surface area contributed by atoms with Crippen LogP contribution in [0, 0.1) is 0 Å². The number of amides is 4. The second kappa shape index (κ2) is 17.2. The lowest BCUT2D eigenvalue weighted by Crippen LogP contribution is -2.43. The van der Waals surface area contributed by atoms with E-state index in [2.05, 4.69) is 21.3 Å². The normalized spacial score (nSPS) is 14.0. The van der Waals surface area contributed by atoms with Crippen LogP contribution in [0.4, 0.5) is 0 Å². The molecule has 6 N–H and O–H groups in total. The first-order chi connectivity index (χ1) is 17.1. The van der Waals surface area contributed by atoms with Gasteiger partial charge in [0.25, 0.3) is 11.8 Å². The lowest BCUT2D eigenvalue weighted by atomic mass is 10.1. The Morgan fingerprint density at radius 1 is 0.944 bits per heavy atom. The summed E-state index contributed by atoms with van der Waals surface area (Å²) in [5.41, 5.74) is 5.30. The van der Waals surface area contributed by atoms with E-state index in [1.807, 2.05) is 0 Å². The van der Waals surface area contributed by atoms with Crippen LogP contribution in [-0.4, -0.2) is 85.1 Å². The molecule has 0 saturated carbocycles. The highest BCUT2D eigenvalue weighted by Gasteiger charge is 2.32. The molecule has 1 fully saturated rings. The van der Waals surface area contributed by atoms with Gasteiger partial charge in [0.15, 0.2) is 5.78 Å². The Hall–Kier alpha value is -3.23. The van der Waals surface area contributed by atoms with Crippen molar-refractivity contribution in [3.05, 3.63) is 0 Å². The van der Waals surface area contributed by atoms with Gasteiger partial charge in [-0.05, 0) is 32.7 Å². The fourth-order valence-electron chi connectivity index (χ4n) is 3.15. The van der Waals surface area contributed by atoms with Crippen molar-refractivity contribution in [3.8, 4) is 0 Å². The highest BCUT2D eigenvalue weighted by molar-refractivity contribution is 6.01. The van der Waals surface area contributed by atoms with E-state index >= 15 is 0 Å². The molecule has 0 aromatic rings. The first-order valence-electron chi connectivity index (χ1n) is 11.9. The summed E-state index contributed by atoms with van der Waals surface area (Å²) in [7, 11) is 0. The molecule has 1 atom stereocenters. The molecule has 14 heteroatoms. The molecule has 1 rings (SSSR count). The number of carbonyl (C=O) groups is 7. The average molecular weight is 513 g/mol. The van der Waals surface area contributed by atoms with Crippen LogP contribution >= 0.6 is 0 Å². The zero-order valence-electron chi connectivity index (χ0n) is 20.6. The van der Waals surface area contributed by atoms with Crippen molar-refractivity contribution in [2.75, 3.05) is 32.8 Å². The summed E-state index contributed by atoms with van der Waals surface area (Å²) >= 11 is 0.